The van der Waals surface area contributed by atoms with Gasteiger partial charge in [0.1, 0.15) is 5.82 Å². The molecule has 17 heavy (non-hydrogen) atoms. The number of rotatable bonds is 3. The maximum atomic E-state index is 5.93. The molecule has 0 radical (unpaired) electrons. The maximum absolute atomic E-state index is 5.93. The average molecular weight is 312 g/mol. The van der Waals surface area contributed by atoms with Gasteiger partial charge in [0.2, 0.25) is 0 Å². The zero-order valence-corrected chi connectivity index (χ0v) is 11.8. The van der Waals surface area contributed by atoms with Gasteiger partial charge in [-0.2, -0.15) is 0 Å². The van der Waals surface area contributed by atoms with Gasteiger partial charge in [0, 0.05) is 29.0 Å². The number of hydrogen-bond donors (Lipinski definition) is 0. The van der Waals surface area contributed by atoms with Gasteiger partial charge in [-0.1, -0.05) is 23.2 Å². The van der Waals surface area contributed by atoms with Crippen LogP contribution in [0.3, 0.4) is 0 Å². The van der Waals surface area contributed by atoms with Crippen LogP contribution in [0, 0.1) is 0 Å². The first-order valence-corrected chi connectivity index (χ1v) is 5.99. The number of nitrogens with zero attached hydrogens (tertiary/aromatic N) is 2. The highest BCUT2D eigenvalue weighted by Gasteiger charge is 2.03. The predicted octanol–water partition coefficient (Wildman–Crippen LogP) is 4.40. The van der Waals surface area contributed by atoms with Crippen molar-refractivity contribution in [2.75, 3.05) is 0 Å². The fraction of sp³-hybridized carbons (Fsp3) is 0.182. The van der Waals surface area contributed by atoms with Crippen LogP contribution in [0.15, 0.2) is 30.6 Å². The lowest BCUT2D eigenvalue weighted by Gasteiger charge is -2.07. The number of aromatic nitrogens is 2. The van der Waals surface area contributed by atoms with Gasteiger partial charge in [-0.25, -0.2) is 4.98 Å². The molecule has 2 aromatic rings. The molecule has 1 aromatic carbocycles. The Balaban J connectivity index is 0.00000144. The van der Waals surface area contributed by atoms with E-state index < -0.39 is 0 Å². The van der Waals surface area contributed by atoms with Crippen molar-refractivity contribution in [3.63, 3.8) is 0 Å². The molecule has 0 aliphatic rings. The molecule has 2 nitrogen and oxygen atoms in total. The van der Waals surface area contributed by atoms with Crippen molar-refractivity contribution in [3.8, 4) is 0 Å². The number of hydrogen-bond acceptors (Lipinski definition) is 1. The quantitative estimate of drug-likeness (QED) is 0.768. The molecule has 1 aromatic heterocycles. The molecule has 0 bridgehead atoms. The number of alkyl halides is 1. The summed E-state index contributed by atoms with van der Waals surface area (Å²) in [4.78, 5) is 4.14. The molecular formula is C11H10Cl4N2. The van der Waals surface area contributed by atoms with Crippen LogP contribution in [0.25, 0.3) is 0 Å². The summed E-state index contributed by atoms with van der Waals surface area (Å²) in [6.07, 6.45) is 3.61. The monoisotopic (exact) mass is 310 g/mol. The Morgan fingerprint density at radius 2 is 1.76 bits per heavy atom. The summed E-state index contributed by atoms with van der Waals surface area (Å²) in [6, 6.07) is 5.47. The Labute approximate surface area is 121 Å². The molecule has 1 heterocycles. The smallest absolute Gasteiger partial charge is 0.123 e. The van der Waals surface area contributed by atoms with Crippen LogP contribution in [0.5, 0.6) is 0 Å². The fourth-order valence-electron chi connectivity index (χ4n) is 1.51. The summed E-state index contributed by atoms with van der Waals surface area (Å²) >= 11 is 17.6. The largest absolute Gasteiger partial charge is 0.330 e. The zero-order valence-electron chi connectivity index (χ0n) is 8.74. The van der Waals surface area contributed by atoms with Gasteiger partial charge in [0.25, 0.3) is 0 Å². The van der Waals surface area contributed by atoms with Crippen LogP contribution in [-0.4, -0.2) is 9.55 Å². The van der Waals surface area contributed by atoms with E-state index in [1.807, 2.05) is 22.9 Å². The average Bonchev–Trinajstić information content (AvgIpc) is 2.63. The molecular weight excluding hydrogens is 302 g/mol. The minimum Gasteiger partial charge on any atom is -0.330 e. The van der Waals surface area contributed by atoms with Gasteiger partial charge < -0.3 is 4.57 Å². The molecule has 0 spiro atoms. The molecule has 0 fully saturated rings. The SMILES string of the molecule is Cl.ClCc1nccn1Cc1cc(Cl)cc(Cl)c1. The van der Waals surface area contributed by atoms with Crippen molar-refractivity contribution in [2.45, 2.75) is 12.4 Å². The summed E-state index contributed by atoms with van der Waals surface area (Å²) in [7, 11) is 0. The maximum Gasteiger partial charge on any atom is 0.123 e. The van der Waals surface area contributed by atoms with Crippen LogP contribution in [0.1, 0.15) is 11.4 Å². The Morgan fingerprint density at radius 3 is 2.35 bits per heavy atom. The first kappa shape index (κ1) is 14.7. The molecule has 0 aliphatic carbocycles. The standard InChI is InChI=1S/C11H9Cl3N2.ClH/c12-6-11-15-1-2-16(11)7-8-3-9(13)5-10(14)4-8;/h1-5H,6-7H2;1H. The second-order valence-electron chi connectivity index (χ2n) is 3.38. The molecule has 6 heteroatoms. The first-order chi connectivity index (χ1) is 7.69. The Morgan fingerprint density at radius 1 is 1.12 bits per heavy atom. The van der Waals surface area contributed by atoms with Crippen molar-refractivity contribution in [2.24, 2.45) is 0 Å². The van der Waals surface area contributed by atoms with Crippen molar-refractivity contribution in [3.05, 3.63) is 52.0 Å². The second kappa shape index (κ2) is 6.50. The molecule has 92 valence electrons. The van der Waals surface area contributed by atoms with E-state index in [1.54, 1.807) is 12.3 Å². The van der Waals surface area contributed by atoms with E-state index in [2.05, 4.69) is 4.98 Å². The van der Waals surface area contributed by atoms with Gasteiger partial charge in [-0.05, 0) is 23.8 Å². The molecule has 2 rings (SSSR count). The van der Waals surface area contributed by atoms with E-state index in [0.29, 0.717) is 22.5 Å². The van der Waals surface area contributed by atoms with Crippen LogP contribution < -0.4 is 0 Å². The van der Waals surface area contributed by atoms with Gasteiger partial charge in [-0.15, -0.1) is 24.0 Å². The lowest BCUT2D eigenvalue weighted by Crippen LogP contribution is -2.02. The summed E-state index contributed by atoms with van der Waals surface area (Å²) in [5.41, 5.74) is 1.03. The van der Waals surface area contributed by atoms with Gasteiger partial charge in [0.05, 0.1) is 5.88 Å². The Kier molecular flexibility index (Phi) is 5.60. The van der Waals surface area contributed by atoms with Crippen LogP contribution in [0.4, 0.5) is 0 Å². The van der Waals surface area contributed by atoms with E-state index in [-0.39, 0.29) is 12.4 Å². The molecule has 0 amide bonds. The number of imidazole rings is 1. The highest BCUT2D eigenvalue weighted by molar-refractivity contribution is 6.34. The topological polar surface area (TPSA) is 17.8 Å². The molecule has 0 N–H and O–H groups in total. The van der Waals surface area contributed by atoms with Crippen LogP contribution in [-0.2, 0) is 12.4 Å². The van der Waals surface area contributed by atoms with Crippen molar-refractivity contribution >= 4 is 47.2 Å². The number of halogens is 4. The molecule has 0 saturated heterocycles. The highest BCUT2D eigenvalue weighted by Crippen LogP contribution is 2.20. The predicted molar refractivity (Wildman–Crippen MR) is 74.6 cm³/mol. The van der Waals surface area contributed by atoms with Gasteiger partial charge >= 0.3 is 0 Å². The fourth-order valence-corrected chi connectivity index (χ4v) is 2.31. The third-order valence-electron chi connectivity index (χ3n) is 2.20. The Hall–Kier alpha value is -0.410. The van der Waals surface area contributed by atoms with E-state index in [1.165, 1.54) is 0 Å². The normalized spacial score (nSPS) is 10.1. The molecule has 0 unspecified atom stereocenters. The third kappa shape index (κ3) is 3.78. The van der Waals surface area contributed by atoms with E-state index in [4.69, 9.17) is 34.8 Å². The zero-order chi connectivity index (χ0) is 11.5. The summed E-state index contributed by atoms with van der Waals surface area (Å²) < 4.78 is 1.97. The molecule has 0 saturated carbocycles. The number of benzene rings is 1. The van der Waals surface area contributed by atoms with E-state index in [9.17, 15) is 0 Å². The van der Waals surface area contributed by atoms with Crippen LogP contribution in [0.2, 0.25) is 10.0 Å². The first-order valence-electron chi connectivity index (χ1n) is 4.70. The van der Waals surface area contributed by atoms with E-state index >= 15 is 0 Å². The van der Waals surface area contributed by atoms with Crippen molar-refractivity contribution < 1.29 is 0 Å². The molecule has 0 aliphatic heterocycles. The second-order valence-corrected chi connectivity index (χ2v) is 4.52. The summed E-state index contributed by atoms with van der Waals surface area (Å²) in [5, 5.41) is 1.27. The lowest BCUT2D eigenvalue weighted by atomic mass is 10.2. The summed E-state index contributed by atoms with van der Waals surface area (Å²) in [5.74, 6) is 1.22. The van der Waals surface area contributed by atoms with E-state index in [0.717, 1.165) is 11.4 Å². The van der Waals surface area contributed by atoms with Crippen molar-refractivity contribution in [1.29, 1.82) is 0 Å². The minimum absolute atomic E-state index is 0. The van der Waals surface area contributed by atoms with Crippen molar-refractivity contribution in [1.82, 2.24) is 9.55 Å². The van der Waals surface area contributed by atoms with Gasteiger partial charge in [0.15, 0.2) is 0 Å². The van der Waals surface area contributed by atoms with Gasteiger partial charge in [-0.3, -0.25) is 0 Å². The lowest BCUT2D eigenvalue weighted by molar-refractivity contribution is 0.755. The van der Waals surface area contributed by atoms with Crippen LogP contribution >= 0.6 is 47.2 Å². The highest BCUT2D eigenvalue weighted by atomic mass is 35.5. The Bertz CT molecular complexity index is 476. The minimum atomic E-state index is 0. The summed E-state index contributed by atoms with van der Waals surface area (Å²) in [6.45, 7) is 0.669. The molecule has 0 atom stereocenters. The third-order valence-corrected chi connectivity index (χ3v) is 2.87.